The summed E-state index contributed by atoms with van der Waals surface area (Å²) in [7, 11) is 1.63. The molecule has 2 heterocycles. The maximum Gasteiger partial charge on any atom is 0.433 e. The van der Waals surface area contributed by atoms with Gasteiger partial charge < -0.3 is 15.4 Å². The smallest absolute Gasteiger partial charge is 0.381 e. The number of aromatic nitrogens is 2. The van der Waals surface area contributed by atoms with Crippen LogP contribution < -0.4 is 10.6 Å². The molecule has 0 aromatic carbocycles. The number of piperidine rings is 1. The van der Waals surface area contributed by atoms with Gasteiger partial charge in [0, 0.05) is 26.3 Å². The van der Waals surface area contributed by atoms with Crippen molar-refractivity contribution >= 4 is 11.8 Å². The van der Waals surface area contributed by atoms with Gasteiger partial charge in [-0.25, -0.2) is 4.98 Å². The van der Waals surface area contributed by atoms with E-state index in [1.54, 1.807) is 12.0 Å². The summed E-state index contributed by atoms with van der Waals surface area (Å²) in [5, 5.41) is 0. The molecule has 8 heteroatoms. The Hall–Kier alpha value is -1.57. The van der Waals surface area contributed by atoms with Crippen LogP contribution in [-0.4, -0.2) is 36.3 Å². The Labute approximate surface area is 108 Å². The molecule has 0 atom stereocenters. The van der Waals surface area contributed by atoms with E-state index in [0.29, 0.717) is 13.1 Å². The molecule has 2 rings (SSSR count). The van der Waals surface area contributed by atoms with Crippen LogP contribution in [0.1, 0.15) is 18.5 Å². The second-order valence-corrected chi connectivity index (χ2v) is 4.39. The topological polar surface area (TPSA) is 64.3 Å². The summed E-state index contributed by atoms with van der Waals surface area (Å²) >= 11 is 0. The molecule has 0 spiro atoms. The number of anilines is 2. The summed E-state index contributed by atoms with van der Waals surface area (Å²) in [6.07, 6.45) is -2.86. The summed E-state index contributed by atoms with van der Waals surface area (Å²) in [4.78, 5) is 8.86. The largest absolute Gasteiger partial charge is 0.433 e. The van der Waals surface area contributed by atoms with Gasteiger partial charge in [-0.2, -0.15) is 18.2 Å². The van der Waals surface area contributed by atoms with Gasteiger partial charge >= 0.3 is 6.18 Å². The van der Waals surface area contributed by atoms with Gasteiger partial charge in [-0.05, 0) is 12.8 Å². The molecule has 1 saturated heterocycles. The molecular formula is C11H15F3N4O. The summed E-state index contributed by atoms with van der Waals surface area (Å²) in [6, 6.07) is 0.934. The van der Waals surface area contributed by atoms with Crippen molar-refractivity contribution in [1.29, 1.82) is 0 Å². The van der Waals surface area contributed by atoms with Crippen LogP contribution in [-0.2, 0) is 10.9 Å². The molecule has 0 bridgehead atoms. The predicted octanol–water partition coefficient (Wildman–Crippen LogP) is 1.69. The normalized spacial score (nSPS) is 17.8. The van der Waals surface area contributed by atoms with E-state index in [9.17, 15) is 13.2 Å². The first-order valence-corrected chi connectivity index (χ1v) is 5.89. The van der Waals surface area contributed by atoms with Crippen LogP contribution in [0.25, 0.3) is 0 Å². The van der Waals surface area contributed by atoms with E-state index in [2.05, 4.69) is 9.97 Å². The van der Waals surface area contributed by atoms with Crippen molar-refractivity contribution in [1.82, 2.24) is 9.97 Å². The molecule has 0 amide bonds. The standard InChI is InChI=1S/C11H15F3N4O/c1-19-7-2-4-18(5-3-7)9-6-8(11(12,13)14)16-10(15)17-9/h6-7H,2-5H2,1H3,(H2,15,16,17). The van der Waals surface area contributed by atoms with Crippen LogP contribution in [0.4, 0.5) is 24.9 Å². The minimum absolute atomic E-state index is 0.150. The van der Waals surface area contributed by atoms with Crippen LogP contribution in [0.15, 0.2) is 6.07 Å². The van der Waals surface area contributed by atoms with Gasteiger partial charge in [0.2, 0.25) is 5.95 Å². The number of nitrogen functional groups attached to an aromatic ring is 1. The minimum atomic E-state index is -4.52. The molecule has 1 fully saturated rings. The third kappa shape index (κ3) is 3.25. The van der Waals surface area contributed by atoms with Gasteiger partial charge in [-0.15, -0.1) is 0 Å². The second kappa shape index (κ2) is 5.20. The SMILES string of the molecule is COC1CCN(c2cc(C(F)(F)F)nc(N)n2)CC1. The summed E-state index contributed by atoms with van der Waals surface area (Å²) in [5.74, 6) is -0.145. The number of nitrogens with zero attached hydrogens (tertiary/aromatic N) is 3. The quantitative estimate of drug-likeness (QED) is 0.890. The molecule has 1 aromatic heterocycles. The number of methoxy groups -OCH3 is 1. The lowest BCUT2D eigenvalue weighted by molar-refractivity contribution is -0.141. The molecule has 1 aliphatic rings. The lowest BCUT2D eigenvalue weighted by atomic mass is 10.1. The molecule has 5 nitrogen and oxygen atoms in total. The molecule has 2 N–H and O–H groups in total. The highest BCUT2D eigenvalue weighted by Crippen LogP contribution is 2.30. The van der Waals surface area contributed by atoms with E-state index in [1.807, 2.05) is 0 Å². The lowest BCUT2D eigenvalue weighted by Crippen LogP contribution is -2.37. The average Bonchev–Trinajstić information content (AvgIpc) is 2.37. The molecule has 19 heavy (non-hydrogen) atoms. The fraction of sp³-hybridized carbons (Fsp3) is 0.636. The summed E-state index contributed by atoms with van der Waals surface area (Å²) < 4.78 is 43.2. The number of nitrogens with two attached hydrogens (primary N) is 1. The van der Waals surface area contributed by atoms with Crippen LogP contribution in [0.2, 0.25) is 0 Å². The highest BCUT2D eigenvalue weighted by Gasteiger charge is 2.34. The molecule has 1 aromatic rings. The van der Waals surface area contributed by atoms with Crippen molar-refractivity contribution in [3.63, 3.8) is 0 Å². The van der Waals surface area contributed by atoms with E-state index in [1.165, 1.54) is 0 Å². The zero-order chi connectivity index (χ0) is 14.0. The fourth-order valence-electron chi connectivity index (χ4n) is 2.08. The Morgan fingerprint density at radius 1 is 1.32 bits per heavy atom. The van der Waals surface area contributed by atoms with Gasteiger partial charge in [-0.1, -0.05) is 0 Å². The summed E-state index contributed by atoms with van der Waals surface area (Å²) in [6.45, 7) is 1.18. The zero-order valence-electron chi connectivity index (χ0n) is 10.4. The second-order valence-electron chi connectivity index (χ2n) is 4.39. The number of hydrogen-bond acceptors (Lipinski definition) is 5. The number of hydrogen-bond donors (Lipinski definition) is 1. The maximum absolute atomic E-state index is 12.6. The van der Waals surface area contributed by atoms with Gasteiger partial charge in [0.05, 0.1) is 6.10 Å². The molecule has 0 radical (unpaired) electrons. The van der Waals surface area contributed by atoms with Crippen LogP contribution in [0.5, 0.6) is 0 Å². The van der Waals surface area contributed by atoms with Gasteiger partial charge in [0.15, 0.2) is 5.69 Å². The molecule has 0 saturated carbocycles. The monoisotopic (exact) mass is 276 g/mol. The van der Waals surface area contributed by atoms with Crippen LogP contribution in [0.3, 0.4) is 0 Å². The van der Waals surface area contributed by atoms with E-state index < -0.39 is 11.9 Å². The van der Waals surface area contributed by atoms with E-state index in [-0.39, 0.29) is 17.9 Å². The third-order valence-corrected chi connectivity index (χ3v) is 3.12. The Balaban J connectivity index is 2.19. The van der Waals surface area contributed by atoms with Gasteiger partial charge in [-0.3, -0.25) is 0 Å². The van der Waals surface area contributed by atoms with Crippen LogP contribution >= 0.6 is 0 Å². The molecule has 0 unspecified atom stereocenters. The van der Waals surface area contributed by atoms with Crippen molar-refractivity contribution in [3.05, 3.63) is 11.8 Å². The third-order valence-electron chi connectivity index (χ3n) is 3.12. The van der Waals surface area contributed by atoms with E-state index in [0.717, 1.165) is 18.9 Å². The van der Waals surface area contributed by atoms with Crippen molar-refractivity contribution in [2.24, 2.45) is 0 Å². The lowest BCUT2D eigenvalue weighted by Gasteiger charge is -2.32. The number of ether oxygens (including phenoxy) is 1. The number of rotatable bonds is 2. The van der Waals surface area contributed by atoms with Gasteiger partial charge in [0.1, 0.15) is 5.82 Å². The van der Waals surface area contributed by atoms with Crippen molar-refractivity contribution in [2.45, 2.75) is 25.1 Å². The predicted molar refractivity (Wildman–Crippen MR) is 63.7 cm³/mol. The fourth-order valence-corrected chi connectivity index (χ4v) is 2.08. The van der Waals surface area contributed by atoms with E-state index in [4.69, 9.17) is 10.5 Å². The number of alkyl halides is 3. The maximum atomic E-state index is 12.6. The summed E-state index contributed by atoms with van der Waals surface area (Å²) in [5.41, 5.74) is 4.33. The van der Waals surface area contributed by atoms with Crippen molar-refractivity contribution in [2.75, 3.05) is 30.8 Å². The Morgan fingerprint density at radius 3 is 2.47 bits per heavy atom. The van der Waals surface area contributed by atoms with Gasteiger partial charge in [0.25, 0.3) is 0 Å². The van der Waals surface area contributed by atoms with Crippen molar-refractivity contribution in [3.8, 4) is 0 Å². The first-order chi connectivity index (χ1) is 8.90. The molecular weight excluding hydrogens is 261 g/mol. The minimum Gasteiger partial charge on any atom is -0.381 e. The van der Waals surface area contributed by atoms with Crippen molar-refractivity contribution < 1.29 is 17.9 Å². The molecule has 106 valence electrons. The van der Waals surface area contributed by atoms with Crippen LogP contribution in [0, 0.1) is 0 Å². The molecule has 1 aliphatic heterocycles. The Bertz CT molecular complexity index is 444. The Kier molecular flexibility index (Phi) is 3.79. The highest BCUT2D eigenvalue weighted by molar-refractivity contribution is 5.44. The van der Waals surface area contributed by atoms with E-state index >= 15 is 0 Å². The number of halogens is 3. The first kappa shape index (κ1) is 13.9. The first-order valence-electron chi connectivity index (χ1n) is 5.89. The molecule has 0 aliphatic carbocycles. The highest BCUT2D eigenvalue weighted by atomic mass is 19.4. The average molecular weight is 276 g/mol. The Morgan fingerprint density at radius 2 is 1.95 bits per heavy atom. The zero-order valence-corrected chi connectivity index (χ0v) is 10.4.